The van der Waals surface area contributed by atoms with Crippen LogP contribution in [0.5, 0.6) is 0 Å². The highest BCUT2D eigenvalue weighted by Crippen LogP contribution is 2.29. The summed E-state index contributed by atoms with van der Waals surface area (Å²) in [7, 11) is 0. The Morgan fingerprint density at radius 3 is 2.53 bits per heavy atom. The first kappa shape index (κ1) is 20.0. The first-order valence-corrected chi connectivity index (χ1v) is 10.8. The molecule has 0 saturated carbocycles. The second-order valence-electron chi connectivity index (χ2n) is 7.20. The van der Waals surface area contributed by atoms with Gasteiger partial charge in [-0.3, -0.25) is 4.79 Å². The summed E-state index contributed by atoms with van der Waals surface area (Å²) in [4.78, 5) is 26.8. The summed E-state index contributed by atoms with van der Waals surface area (Å²) in [5.74, 6) is -0.171. The topological polar surface area (TPSA) is 87.2 Å². The molecule has 1 fully saturated rings. The molecule has 8 heteroatoms. The van der Waals surface area contributed by atoms with E-state index in [2.05, 4.69) is 20.8 Å². The number of anilines is 1. The molecular weight excluding hydrogens is 398 g/mol. The Bertz CT molecular complexity index is 993. The van der Waals surface area contributed by atoms with E-state index in [0.717, 1.165) is 35.6 Å². The maximum Gasteiger partial charge on any atom is 0.317 e. The van der Waals surface area contributed by atoms with Gasteiger partial charge in [0.1, 0.15) is 5.01 Å². The molecule has 1 aliphatic heterocycles. The largest absolute Gasteiger partial charge is 0.334 e. The van der Waals surface area contributed by atoms with E-state index in [9.17, 15) is 9.59 Å². The summed E-state index contributed by atoms with van der Waals surface area (Å²) in [5, 5.41) is 15.3. The highest BCUT2D eigenvalue weighted by Gasteiger charge is 2.28. The maximum absolute atomic E-state index is 12.6. The molecule has 7 nitrogen and oxygen atoms in total. The molecule has 2 N–H and O–H groups in total. The highest BCUT2D eigenvalue weighted by molar-refractivity contribution is 7.13. The van der Waals surface area contributed by atoms with Gasteiger partial charge in [0.05, 0.1) is 0 Å². The lowest BCUT2D eigenvalue weighted by Gasteiger charge is -2.31. The summed E-state index contributed by atoms with van der Waals surface area (Å²) >= 11 is 1.30. The van der Waals surface area contributed by atoms with E-state index in [0.29, 0.717) is 18.1 Å². The number of rotatable bonds is 5. The molecule has 1 aliphatic rings. The van der Waals surface area contributed by atoms with Crippen molar-refractivity contribution in [2.75, 3.05) is 18.4 Å². The second-order valence-corrected chi connectivity index (χ2v) is 8.20. The number of hydrogen-bond donors (Lipinski definition) is 2. The average molecular weight is 422 g/mol. The van der Waals surface area contributed by atoms with Crippen LogP contribution >= 0.6 is 11.3 Å². The normalized spacial score (nSPS) is 16.1. The Kier molecular flexibility index (Phi) is 6.34. The van der Waals surface area contributed by atoms with Crippen molar-refractivity contribution in [3.8, 4) is 0 Å². The summed E-state index contributed by atoms with van der Waals surface area (Å²) in [6.07, 6.45) is 1.83. The number of piperidine rings is 1. The van der Waals surface area contributed by atoms with Crippen LogP contribution in [0.15, 0.2) is 60.7 Å². The first-order valence-electron chi connectivity index (χ1n) is 9.95. The monoisotopic (exact) mass is 421 g/mol. The lowest BCUT2D eigenvalue weighted by Crippen LogP contribution is -2.44. The second kappa shape index (κ2) is 9.49. The maximum atomic E-state index is 12.6. The van der Waals surface area contributed by atoms with Crippen LogP contribution in [0.2, 0.25) is 0 Å². The van der Waals surface area contributed by atoms with E-state index in [-0.39, 0.29) is 17.9 Å². The van der Waals surface area contributed by atoms with Gasteiger partial charge in [-0.25, -0.2) is 4.79 Å². The van der Waals surface area contributed by atoms with Gasteiger partial charge in [0.15, 0.2) is 0 Å². The molecular formula is C22H23N5O2S. The minimum Gasteiger partial charge on any atom is -0.334 e. The van der Waals surface area contributed by atoms with Gasteiger partial charge in [-0.2, -0.15) is 0 Å². The lowest BCUT2D eigenvalue weighted by molar-refractivity contribution is 0.102. The SMILES string of the molecule is O=C(Nc1ccccc1)c1nnc(C2CCCN(C(=O)NCc3ccccc3)C2)s1. The van der Waals surface area contributed by atoms with Gasteiger partial charge in [0.2, 0.25) is 5.01 Å². The minimum absolute atomic E-state index is 0.0740. The number of carbonyl (C=O) groups excluding carboxylic acids is 2. The Balaban J connectivity index is 1.34. The van der Waals surface area contributed by atoms with E-state index >= 15 is 0 Å². The number of nitrogens with one attached hydrogen (secondary N) is 2. The van der Waals surface area contributed by atoms with Gasteiger partial charge in [-0.15, -0.1) is 10.2 Å². The first-order chi connectivity index (χ1) is 14.7. The van der Waals surface area contributed by atoms with E-state index in [4.69, 9.17) is 0 Å². The number of amides is 3. The molecule has 0 spiro atoms. The van der Waals surface area contributed by atoms with Crippen LogP contribution in [0.25, 0.3) is 0 Å². The molecule has 2 heterocycles. The van der Waals surface area contributed by atoms with E-state index in [1.54, 1.807) is 0 Å². The van der Waals surface area contributed by atoms with Crippen LogP contribution in [0, 0.1) is 0 Å². The molecule has 2 aromatic carbocycles. The van der Waals surface area contributed by atoms with Gasteiger partial charge in [-0.1, -0.05) is 59.9 Å². The molecule has 3 aromatic rings. The van der Waals surface area contributed by atoms with Crippen molar-refractivity contribution >= 4 is 29.0 Å². The van der Waals surface area contributed by atoms with Crippen molar-refractivity contribution in [3.63, 3.8) is 0 Å². The summed E-state index contributed by atoms with van der Waals surface area (Å²) in [5.41, 5.74) is 1.79. The van der Waals surface area contributed by atoms with Crippen molar-refractivity contribution in [3.05, 3.63) is 76.2 Å². The fourth-order valence-corrected chi connectivity index (χ4v) is 4.31. The number of carbonyl (C=O) groups is 2. The van der Waals surface area contributed by atoms with Crippen LogP contribution in [0.1, 0.15) is 39.1 Å². The third-order valence-corrected chi connectivity index (χ3v) is 6.10. The number of aromatic nitrogens is 2. The van der Waals surface area contributed by atoms with Crippen molar-refractivity contribution in [1.82, 2.24) is 20.4 Å². The van der Waals surface area contributed by atoms with Crippen LogP contribution in [0.3, 0.4) is 0 Å². The van der Waals surface area contributed by atoms with E-state index < -0.39 is 0 Å². The number of benzene rings is 2. The standard InChI is InChI=1S/C22H23N5O2S/c28-19(24-18-11-5-2-6-12-18)21-26-25-20(30-21)17-10-7-13-27(15-17)22(29)23-14-16-8-3-1-4-9-16/h1-6,8-9,11-12,17H,7,10,13-15H2,(H,23,29)(H,24,28). The smallest absolute Gasteiger partial charge is 0.317 e. The van der Waals surface area contributed by atoms with Crippen LogP contribution < -0.4 is 10.6 Å². The van der Waals surface area contributed by atoms with Gasteiger partial charge >= 0.3 is 6.03 Å². The van der Waals surface area contributed by atoms with Crippen LogP contribution in [0.4, 0.5) is 10.5 Å². The third-order valence-electron chi connectivity index (χ3n) is 5.01. The Morgan fingerprint density at radius 2 is 1.77 bits per heavy atom. The van der Waals surface area contributed by atoms with Crippen molar-refractivity contribution < 1.29 is 9.59 Å². The molecule has 4 rings (SSSR count). The number of likely N-dealkylation sites (tertiary alicyclic amines) is 1. The van der Waals surface area contributed by atoms with Gasteiger partial charge in [0, 0.05) is 31.2 Å². The summed E-state index contributed by atoms with van der Waals surface area (Å²) in [6, 6.07) is 19.0. The Morgan fingerprint density at radius 1 is 1.03 bits per heavy atom. The van der Waals surface area contributed by atoms with Crippen LogP contribution in [-0.4, -0.2) is 40.1 Å². The summed E-state index contributed by atoms with van der Waals surface area (Å²) in [6.45, 7) is 1.80. The Hall–Kier alpha value is -3.26. The lowest BCUT2D eigenvalue weighted by atomic mass is 9.99. The molecule has 1 aromatic heterocycles. The Labute approximate surface area is 179 Å². The predicted molar refractivity (Wildman–Crippen MR) is 117 cm³/mol. The molecule has 0 aliphatic carbocycles. The zero-order valence-electron chi connectivity index (χ0n) is 16.5. The fraction of sp³-hybridized carbons (Fsp3) is 0.273. The van der Waals surface area contributed by atoms with E-state index in [1.165, 1.54) is 11.3 Å². The van der Waals surface area contributed by atoms with Gasteiger partial charge < -0.3 is 15.5 Å². The molecule has 1 atom stereocenters. The molecule has 154 valence electrons. The number of para-hydroxylation sites is 1. The third kappa shape index (κ3) is 5.01. The van der Waals surface area contributed by atoms with Crippen molar-refractivity contribution in [2.45, 2.75) is 25.3 Å². The zero-order chi connectivity index (χ0) is 20.8. The van der Waals surface area contributed by atoms with E-state index in [1.807, 2.05) is 65.6 Å². The highest BCUT2D eigenvalue weighted by atomic mass is 32.1. The van der Waals surface area contributed by atoms with Gasteiger partial charge in [-0.05, 0) is 30.5 Å². The number of hydrogen-bond acceptors (Lipinski definition) is 5. The fourth-order valence-electron chi connectivity index (χ4n) is 3.45. The number of urea groups is 1. The van der Waals surface area contributed by atoms with Gasteiger partial charge in [0.25, 0.3) is 5.91 Å². The van der Waals surface area contributed by atoms with Crippen LogP contribution in [-0.2, 0) is 6.54 Å². The molecule has 0 bridgehead atoms. The summed E-state index contributed by atoms with van der Waals surface area (Å²) < 4.78 is 0. The average Bonchev–Trinajstić information content (AvgIpc) is 3.30. The van der Waals surface area contributed by atoms with Crippen molar-refractivity contribution in [1.29, 1.82) is 0 Å². The number of nitrogens with zero attached hydrogens (tertiary/aromatic N) is 3. The molecule has 3 amide bonds. The molecule has 1 saturated heterocycles. The minimum atomic E-state index is -0.266. The quantitative estimate of drug-likeness (QED) is 0.655. The molecule has 0 radical (unpaired) electrons. The molecule has 30 heavy (non-hydrogen) atoms. The molecule has 1 unspecified atom stereocenters. The van der Waals surface area contributed by atoms with Crippen molar-refractivity contribution in [2.24, 2.45) is 0 Å². The zero-order valence-corrected chi connectivity index (χ0v) is 17.3. The predicted octanol–water partition coefficient (Wildman–Crippen LogP) is 3.88.